The molecule has 0 saturated heterocycles. The molecule has 3 aromatic heterocycles. The third kappa shape index (κ3) is 3.14. The molecule has 27 heavy (non-hydrogen) atoms. The van der Waals surface area contributed by atoms with Crippen molar-refractivity contribution < 1.29 is 4.39 Å². The van der Waals surface area contributed by atoms with Gasteiger partial charge in [-0.2, -0.15) is 4.39 Å². The number of benzene rings is 1. The summed E-state index contributed by atoms with van der Waals surface area (Å²) in [5.41, 5.74) is 4.51. The third-order valence-corrected chi connectivity index (χ3v) is 4.85. The lowest BCUT2D eigenvalue weighted by Gasteiger charge is -2.10. The van der Waals surface area contributed by atoms with Crippen molar-refractivity contribution in [2.45, 2.75) is 19.8 Å². The van der Waals surface area contributed by atoms with E-state index in [0.717, 1.165) is 16.8 Å². The second-order valence-electron chi connectivity index (χ2n) is 6.54. The summed E-state index contributed by atoms with van der Waals surface area (Å²) in [7, 11) is 1.76. The maximum absolute atomic E-state index is 13.9. The van der Waals surface area contributed by atoms with Crippen LogP contribution in [0.1, 0.15) is 23.7 Å². The quantitative estimate of drug-likeness (QED) is 0.523. The summed E-state index contributed by atoms with van der Waals surface area (Å²) in [6.45, 7) is 1.91. The van der Waals surface area contributed by atoms with E-state index >= 15 is 0 Å². The van der Waals surface area contributed by atoms with Gasteiger partial charge in [0.25, 0.3) is 5.56 Å². The van der Waals surface area contributed by atoms with Crippen molar-refractivity contribution in [3.05, 3.63) is 88.2 Å². The van der Waals surface area contributed by atoms with E-state index in [9.17, 15) is 9.18 Å². The molecule has 0 fully saturated rings. The van der Waals surface area contributed by atoms with E-state index in [1.165, 1.54) is 0 Å². The summed E-state index contributed by atoms with van der Waals surface area (Å²) in [5.74, 6) is -0.414. The Morgan fingerprint density at radius 2 is 1.89 bits per heavy atom. The van der Waals surface area contributed by atoms with Gasteiger partial charge in [-0.3, -0.25) is 9.20 Å². The molecule has 0 bridgehead atoms. The van der Waals surface area contributed by atoms with Crippen LogP contribution < -0.4 is 5.56 Å². The predicted molar refractivity (Wildman–Crippen MR) is 102 cm³/mol. The minimum Gasteiger partial charge on any atom is -0.312 e. The number of fused-ring (bicyclic) bond motifs is 1. The normalized spacial score (nSPS) is 11.2. The van der Waals surface area contributed by atoms with Crippen LogP contribution in [0.5, 0.6) is 0 Å². The molecule has 1 aromatic carbocycles. The fourth-order valence-electron chi connectivity index (χ4n) is 3.18. The van der Waals surface area contributed by atoms with E-state index in [1.807, 2.05) is 43.5 Å². The van der Waals surface area contributed by atoms with Gasteiger partial charge in [0.2, 0.25) is 5.95 Å². The molecule has 0 N–H and O–H groups in total. The van der Waals surface area contributed by atoms with Crippen LogP contribution in [0.25, 0.3) is 16.8 Å². The van der Waals surface area contributed by atoms with E-state index in [-0.39, 0.29) is 5.56 Å². The zero-order valence-electron chi connectivity index (χ0n) is 15.2. The van der Waals surface area contributed by atoms with Crippen LogP contribution in [0, 0.1) is 5.95 Å². The molecular weight excluding hydrogens is 343 g/mol. The molecule has 0 saturated carbocycles. The number of nitrogens with zero attached hydrogens (tertiary/aromatic N) is 4. The number of imidazole rings is 1. The van der Waals surface area contributed by atoms with Crippen molar-refractivity contribution in [3.63, 3.8) is 0 Å². The zero-order valence-corrected chi connectivity index (χ0v) is 15.2. The largest absolute Gasteiger partial charge is 0.312 e. The second-order valence-corrected chi connectivity index (χ2v) is 6.54. The van der Waals surface area contributed by atoms with Gasteiger partial charge in [0.15, 0.2) is 0 Å². The average Bonchev–Trinajstić information content (AvgIpc) is 3.15. The Labute approximate surface area is 155 Å². The van der Waals surface area contributed by atoms with Crippen molar-refractivity contribution in [1.29, 1.82) is 0 Å². The Bertz CT molecular complexity index is 1180. The van der Waals surface area contributed by atoms with Gasteiger partial charge in [0.05, 0.1) is 18.2 Å². The third-order valence-electron chi connectivity index (χ3n) is 4.85. The van der Waals surface area contributed by atoms with E-state index < -0.39 is 5.95 Å². The molecule has 0 unspecified atom stereocenters. The fourth-order valence-corrected chi connectivity index (χ4v) is 3.18. The molecular formula is C21H19FN4O. The summed E-state index contributed by atoms with van der Waals surface area (Å²) < 4.78 is 17.3. The molecule has 0 atom stereocenters. The molecule has 0 amide bonds. The highest BCUT2D eigenvalue weighted by Crippen LogP contribution is 2.20. The number of hydrogen-bond donors (Lipinski definition) is 0. The van der Waals surface area contributed by atoms with Crippen LogP contribution >= 0.6 is 0 Å². The van der Waals surface area contributed by atoms with Crippen LogP contribution in [0.3, 0.4) is 0 Å². The molecule has 0 aliphatic carbocycles. The van der Waals surface area contributed by atoms with Gasteiger partial charge in [0.1, 0.15) is 5.52 Å². The number of halogens is 1. The molecule has 6 heteroatoms. The Morgan fingerprint density at radius 3 is 2.59 bits per heavy atom. The van der Waals surface area contributed by atoms with Crippen molar-refractivity contribution in [2.24, 2.45) is 7.05 Å². The van der Waals surface area contributed by atoms with Gasteiger partial charge in [-0.1, -0.05) is 37.3 Å². The number of pyridine rings is 1. The Morgan fingerprint density at radius 1 is 1.11 bits per heavy atom. The number of rotatable bonds is 4. The second kappa shape index (κ2) is 6.79. The van der Waals surface area contributed by atoms with E-state index in [4.69, 9.17) is 0 Å². The van der Waals surface area contributed by atoms with Crippen LogP contribution in [0.15, 0.2) is 59.9 Å². The monoisotopic (exact) mass is 362 g/mol. The highest BCUT2D eigenvalue weighted by Gasteiger charge is 2.09. The van der Waals surface area contributed by atoms with Crippen LogP contribution in [-0.2, 0) is 19.9 Å². The van der Waals surface area contributed by atoms with Crippen molar-refractivity contribution in [3.8, 4) is 11.3 Å². The summed E-state index contributed by atoms with van der Waals surface area (Å²) >= 11 is 0. The lowest BCUT2D eigenvalue weighted by atomic mass is 10.0. The summed E-state index contributed by atoms with van der Waals surface area (Å²) in [6.07, 6.45) is 6.34. The number of hydrogen-bond acceptors (Lipinski definition) is 3. The van der Waals surface area contributed by atoms with Gasteiger partial charge >= 0.3 is 0 Å². The number of aromatic nitrogens is 4. The van der Waals surface area contributed by atoms with Gasteiger partial charge in [-0.25, -0.2) is 9.97 Å². The lowest BCUT2D eigenvalue weighted by molar-refractivity contribution is 0.570. The SMILES string of the molecule is CCc1ccc(-c2ccc(Cc3cn4cncc4c(=O)n3C)cc2)nc1F. The summed E-state index contributed by atoms with van der Waals surface area (Å²) in [6, 6.07) is 11.4. The Kier molecular flexibility index (Phi) is 4.32. The maximum atomic E-state index is 13.9. The average molecular weight is 362 g/mol. The first-order chi connectivity index (χ1) is 13.1. The van der Waals surface area contributed by atoms with Crippen molar-refractivity contribution in [2.75, 3.05) is 0 Å². The molecule has 4 aromatic rings. The minimum absolute atomic E-state index is 0.0719. The van der Waals surface area contributed by atoms with Gasteiger partial charge in [0, 0.05) is 36.5 Å². The van der Waals surface area contributed by atoms with Crippen LogP contribution in [0.4, 0.5) is 4.39 Å². The first-order valence-electron chi connectivity index (χ1n) is 8.82. The molecule has 5 nitrogen and oxygen atoms in total. The van der Waals surface area contributed by atoms with Gasteiger partial charge in [-0.05, 0) is 18.1 Å². The molecule has 0 spiro atoms. The van der Waals surface area contributed by atoms with Crippen molar-refractivity contribution in [1.82, 2.24) is 18.9 Å². The van der Waals surface area contributed by atoms with Gasteiger partial charge in [-0.15, -0.1) is 0 Å². The fraction of sp³-hybridized carbons (Fsp3) is 0.190. The summed E-state index contributed by atoms with van der Waals surface area (Å²) in [4.78, 5) is 20.5. The van der Waals surface area contributed by atoms with E-state index in [2.05, 4.69) is 9.97 Å². The molecule has 4 rings (SSSR count). The predicted octanol–water partition coefficient (Wildman–Crippen LogP) is 3.39. The standard InChI is InChI=1S/C21H19FN4O/c1-3-15-8-9-18(24-20(15)22)16-6-4-14(5-7-16)10-17-12-26-13-23-11-19(26)21(27)25(17)2/h4-9,11-13H,3,10H2,1-2H3. The lowest BCUT2D eigenvalue weighted by Crippen LogP contribution is -2.22. The smallest absolute Gasteiger partial charge is 0.276 e. The highest BCUT2D eigenvalue weighted by molar-refractivity contribution is 5.59. The summed E-state index contributed by atoms with van der Waals surface area (Å²) in [5, 5.41) is 0. The number of aryl methyl sites for hydroxylation is 1. The highest BCUT2D eigenvalue weighted by atomic mass is 19.1. The van der Waals surface area contributed by atoms with Crippen LogP contribution in [-0.4, -0.2) is 18.9 Å². The van der Waals surface area contributed by atoms with Gasteiger partial charge < -0.3 is 4.57 Å². The van der Waals surface area contributed by atoms with E-state index in [1.54, 1.807) is 34.6 Å². The molecule has 0 aliphatic rings. The minimum atomic E-state index is -0.414. The molecule has 136 valence electrons. The zero-order chi connectivity index (χ0) is 19.0. The molecule has 0 radical (unpaired) electrons. The topological polar surface area (TPSA) is 52.2 Å². The first-order valence-corrected chi connectivity index (χ1v) is 8.82. The first kappa shape index (κ1) is 17.1. The Hall–Kier alpha value is -3.28. The maximum Gasteiger partial charge on any atom is 0.276 e. The van der Waals surface area contributed by atoms with E-state index in [0.29, 0.717) is 29.6 Å². The van der Waals surface area contributed by atoms with Crippen LogP contribution in [0.2, 0.25) is 0 Å². The Balaban J connectivity index is 1.62. The van der Waals surface area contributed by atoms with Crippen molar-refractivity contribution >= 4 is 5.52 Å². The molecule has 0 aliphatic heterocycles. The molecule has 3 heterocycles.